The van der Waals surface area contributed by atoms with E-state index in [2.05, 4.69) is 10.2 Å². The zero-order chi connectivity index (χ0) is 17.8. The standard InChI is InChI=1S/C18H20N4O3/c1-4-18(2)7-8-22-16(25-18)14(17(23)24)15(20-22)11-5-6-13-12(9-11)10-19-21(13)3/h5-6,9-10H,4,7-8H2,1-3H3,(H,23,24)/t18-/m1/s1. The van der Waals surface area contributed by atoms with Crippen molar-refractivity contribution in [3.63, 3.8) is 0 Å². The van der Waals surface area contributed by atoms with E-state index in [4.69, 9.17) is 4.74 Å². The summed E-state index contributed by atoms with van der Waals surface area (Å²) >= 11 is 0. The Bertz CT molecular complexity index is 988. The van der Waals surface area contributed by atoms with Crippen molar-refractivity contribution in [3.05, 3.63) is 30.0 Å². The fourth-order valence-electron chi connectivity index (χ4n) is 3.28. The largest absolute Gasteiger partial charge is 0.477 e. The summed E-state index contributed by atoms with van der Waals surface area (Å²) in [5, 5.41) is 19.5. The molecule has 0 unspecified atom stereocenters. The van der Waals surface area contributed by atoms with Crippen LogP contribution in [0, 0.1) is 0 Å². The van der Waals surface area contributed by atoms with Crippen molar-refractivity contribution in [3.8, 4) is 17.1 Å². The maximum Gasteiger partial charge on any atom is 0.343 e. The van der Waals surface area contributed by atoms with Crippen LogP contribution in [0.5, 0.6) is 5.88 Å². The highest BCUT2D eigenvalue weighted by Gasteiger charge is 2.36. The molecule has 1 N–H and O–H groups in total. The lowest BCUT2D eigenvalue weighted by atomic mass is 9.97. The maximum atomic E-state index is 11.9. The Kier molecular flexibility index (Phi) is 3.35. The van der Waals surface area contributed by atoms with Crippen molar-refractivity contribution in [1.29, 1.82) is 0 Å². The van der Waals surface area contributed by atoms with E-state index in [0.717, 1.165) is 29.3 Å². The van der Waals surface area contributed by atoms with Crippen LogP contribution in [0.2, 0.25) is 0 Å². The first kappa shape index (κ1) is 15.7. The van der Waals surface area contributed by atoms with Crippen molar-refractivity contribution in [1.82, 2.24) is 19.6 Å². The highest BCUT2D eigenvalue weighted by atomic mass is 16.5. The second-order valence-electron chi connectivity index (χ2n) is 6.75. The highest BCUT2D eigenvalue weighted by molar-refractivity contribution is 5.98. The van der Waals surface area contributed by atoms with Gasteiger partial charge in [0.05, 0.1) is 11.7 Å². The Morgan fingerprint density at radius 2 is 2.24 bits per heavy atom. The number of aromatic carboxylic acids is 1. The molecule has 130 valence electrons. The summed E-state index contributed by atoms with van der Waals surface area (Å²) in [6.07, 6.45) is 3.38. The van der Waals surface area contributed by atoms with Crippen LogP contribution in [0.1, 0.15) is 37.0 Å². The van der Waals surface area contributed by atoms with E-state index in [1.54, 1.807) is 15.6 Å². The molecule has 4 rings (SSSR count). The van der Waals surface area contributed by atoms with E-state index in [-0.39, 0.29) is 11.2 Å². The molecule has 3 heterocycles. The van der Waals surface area contributed by atoms with Gasteiger partial charge in [-0.1, -0.05) is 13.0 Å². The van der Waals surface area contributed by atoms with Gasteiger partial charge in [0, 0.05) is 31.0 Å². The van der Waals surface area contributed by atoms with Gasteiger partial charge in [-0.15, -0.1) is 0 Å². The van der Waals surface area contributed by atoms with Crippen LogP contribution in [0.4, 0.5) is 0 Å². The first-order valence-corrected chi connectivity index (χ1v) is 8.37. The second kappa shape index (κ2) is 5.34. The number of carboxylic acid groups (broad SMARTS) is 1. The van der Waals surface area contributed by atoms with Gasteiger partial charge < -0.3 is 9.84 Å². The fraction of sp³-hybridized carbons (Fsp3) is 0.389. The number of aromatic nitrogens is 4. The molecule has 0 aliphatic carbocycles. The van der Waals surface area contributed by atoms with Crippen molar-refractivity contribution >= 4 is 16.9 Å². The SMILES string of the molecule is CC[C@]1(C)CCn2nc(-c3ccc4c(cnn4C)c3)c(C(=O)O)c2O1. The number of hydrogen-bond donors (Lipinski definition) is 1. The quantitative estimate of drug-likeness (QED) is 0.792. The number of aryl methyl sites for hydroxylation is 2. The van der Waals surface area contributed by atoms with Gasteiger partial charge in [-0.2, -0.15) is 10.2 Å². The zero-order valence-electron chi connectivity index (χ0n) is 14.5. The third kappa shape index (κ3) is 2.38. The minimum Gasteiger partial charge on any atom is -0.477 e. The number of nitrogens with zero attached hydrogens (tertiary/aromatic N) is 4. The van der Waals surface area contributed by atoms with E-state index in [1.165, 1.54) is 0 Å². The predicted molar refractivity (Wildman–Crippen MR) is 92.8 cm³/mol. The molecule has 7 nitrogen and oxygen atoms in total. The van der Waals surface area contributed by atoms with Crippen molar-refractivity contribution < 1.29 is 14.6 Å². The van der Waals surface area contributed by atoms with Crippen molar-refractivity contribution in [2.45, 2.75) is 38.8 Å². The molecule has 0 spiro atoms. The van der Waals surface area contributed by atoms with Crippen LogP contribution in [-0.2, 0) is 13.6 Å². The number of fused-ring (bicyclic) bond motifs is 2. The topological polar surface area (TPSA) is 82.2 Å². The molecule has 0 saturated carbocycles. The van der Waals surface area contributed by atoms with E-state index >= 15 is 0 Å². The normalized spacial score (nSPS) is 19.6. The van der Waals surface area contributed by atoms with Gasteiger partial charge >= 0.3 is 5.97 Å². The maximum absolute atomic E-state index is 11.9. The monoisotopic (exact) mass is 340 g/mol. The summed E-state index contributed by atoms with van der Waals surface area (Å²) in [6, 6.07) is 5.73. The molecule has 0 bridgehead atoms. The summed E-state index contributed by atoms with van der Waals surface area (Å²) < 4.78 is 9.51. The summed E-state index contributed by atoms with van der Waals surface area (Å²) in [5.41, 5.74) is 1.95. The van der Waals surface area contributed by atoms with Crippen LogP contribution in [0.3, 0.4) is 0 Å². The Morgan fingerprint density at radius 1 is 1.44 bits per heavy atom. The Hall–Kier alpha value is -2.83. The van der Waals surface area contributed by atoms with E-state index < -0.39 is 5.97 Å². The summed E-state index contributed by atoms with van der Waals surface area (Å²) in [4.78, 5) is 11.9. The van der Waals surface area contributed by atoms with Crippen molar-refractivity contribution in [2.75, 3.05) is 0 Å². The molecule has 0 radical (unpaired) electrons. The molecule has 2 aromatic heterocycles. The second-order valence-corrected chi connectivity index (χ2v) is 6.75. The number of carboxylic acids is 1. The smallest absolute Gasteiger partial charge is 0.343 e. The zero-order valence-corrected chi connectivity index (χ0v) is 14.5. The Morgan fingerprint density at radius 3 is 2.96 bits per heavy atom. The number of rotatable bonds is 3. The lowest BCUT2D eigenvalue weighted by Crippen LogP contribution is -2.38. The molecule has 3 aromatic rings. The molecular weight excluding hydrogens is 320 g/mol. The average molecular weight is 340 g/mol. The van der Waals surface area contributed by atoms with Gasteiger partial charge in [-0.25, -0.2) is 9.48 Å². The molecule has 1 aliphatic rings. The number of carbonyl (C=O) groups is 1. The highest BCUT2D eigenvalue weighted by Crippen LogP contribution is 2.38. The van der Waals surface area contributed by atoms with Crippen LogP contribution < -0.4 is 4.74 Å². The Labute approximate surface area is 144 Å². The first-order chi connectivity index (χ1) is 11.9. The third-order valence-corrected chi connectivity index (χ3v) is 5.08. The number of benzene rings is 1. The van der Waals surface area contributed by atoms with Gasteiger partial charge in [0.25, 0.3) is 0 Å². The molecule has 1 aromatic carbocycles. The molecule has 1 aliphatic heterocycles. The summed E-state index contributed by atoms with van der Waals surface area (Å²) in [6.45, 7) is 4.70. The lowest BCUT2D eigenvalue weighted by molar-refractivity contribution is 0.0303. The van der Waals surface area contributed by atoms with Crippen molar-refractivity contribution in [2.24, 2.45) is 7.05 Å². The molecule has 1 atom stereocenters. The molecular formula is C18H20N4O3. The lowest BCUT2D eigenvalue weighted by Gasteiger charge is -2.34. The molecule has 0 fully saturated rings. The fourth-order valence-corrected chi connectivity index (χ4v) is 3.28. The number of ether oxygens (including phenoxy) is 1. The number of hydrogen-bond acceptors (Lipinski definition) is 4. The molecule has 7 heteroatoms. The van der Waals surface area contributed by atoms with Gasteiger partial charge in [0.15, 0.2) is 0 Å². The molecule has 25 heavy (non-hydrogen) atoms. The summed E-state index contributed by atoms with van der Waals surface area (Å²) in [7, 11) is 1.87. The van der Waals surface area contributed by atoms with Gasteiger partial charge in [0.2, 0.25) is 5.88 Å². The molecule has 0 saturated heterocycles. The van der Waals surface area contributed by atoms with Crippen LogP contribution >= 0.6 is 0 Å². The van der Waals surface area contributed by atoms with Crippen LogP contribution in [-0.4, -0.2) is 36.2 Å². The van der Waals surface area contributed by atoms with E-state index in [1.807, 2.05) is 39.1 Å². The average Bonchev–Trinajstić information content (AvgIpc) is 3.15. The van der Waals surface area contributed by atoms with E-state index in [0.29, 0.717) is 18.1 Å². The third-order valence-electron chi connectivity index (χ3n) is 5.08. The van der Waals surface area contributed by atoms with E-state index in [9.17, 15) is 9.90 Å². The van der Waals surface area contributed by atoms with Crippen LogP contribution in [0.25, 0.3) is 22.2 Å². The van der Waals surface area contributed by atoms with Gasteiger partial charge in [-0.05, 0) is 25.5 Å². The van der Waals surface area contributed by atoms with Crippen LogP contribution in [0.15, 0.2) is 24.4 Å². The first-order valence-electron chi connectivity index (χ1n) is 8.37. The molecule has 0 amide bonds. The van der Waals surface area contributed by atoms with Gasteiger partial charge in [-0.3, -0.25) is 4.68 Å². The summed E-state index contributed by atoms with van der Waals surface area (Å²) in [5.74, 6) is -0.674. The minimum absolute atomic E-state index is 0.127. The Balaban J connectivity index is 1.88. The minimum atomic E-state index is -1.03. The predicted octanol–water partition coefficient (Wildman–Crippen LogP) is 3.09. The van der Waals surface area contributed by atoms with Gasteiger partial charge in [0.1, 0.15) is 16.9 Å².